The van der Waals surface area contributed by atoms with Gasteiger partial charge in [-0.25, -0.2) is 0 Å². The summed E-state index contributed by atoms with van der Waals surface area (Å²) in [6.07, 6.45) is 1.76. The Kier molecular flexibility index (Phi) is 3.22. The van der Waals surface area contributed by atoms with E-state index in [2.05, 4.69) is 20.8 Å². The van der Waals surface area contributed by atoms with Crippen LogP contribution in [0.1, 0.15) is 40.2 Å². The molecule has 0 aliphatic heterocycles. The highest BCUT2D eigenvalue weighted by atomic mass is 16.7. The fourth-order valence-corrected chi connectivity index (χ4v) is 1.22. The Hall–Kier alpha value is -1.25. The third-order valence-corrected chi connectivity index (χ3v) is 2.07. The summed E-state index contributed by atoms with van der Waals surface area (Å²) in [5, 5.41) is 0. The lowest BCUT2D eigenvalue weighted by Gasteiger charge is -2.20. The second-order valence-electron chi connectivity index (χ2n) is 4.99. The van der Waals surface area contributed by atoms with Crippen LogP contribution in [-0.2, 0) is 5.41 Å². The van der Waals surface area contributed by atoms with E-state index in [-0.39, 0.29) is 17.1 Å². The maximum atomic E-state index is 11.5. The largest absolute Gasteiger partial charge is 0.408 e. The molecule has 0 atom stereocenters. The van der Waals surface area contributed by atoms with E-state index in [9.17, 15) is 4.79 Å². The molecule has 0 aliphatic rings. The predicted octanol–water partition coefficient (Wildman–Crippen LogP) is 1.98. The number of nitrogens with zero attached hydrogens (tertiary/aromatic N) is 1. The number of pyridine rings is 1. The van der Waals surface area contributed by atoms with Gasteiger partial charge in [0.15, 0.2) is 0 Å². The first kappa shape index (κ1) is 11.8. The van der Waals surface area contributed by atoms with Crippen molar-refractivity contribution in [2.24, 2.45) is 0 Å². The normalized spacial score (nSPS) is 11.9. The highest BCUT2D eigenvalue weighted by Crippen LogP contribution is 2.20. The average Bonchev–Trinajstić information content (AvgIpc) is 2.06. The lowest BCUT2D eigenvalue weighted by atomic mass is 9.88. The first-order valence-electron chi connectivity index (χ1n) is 5.21. The molecule has 0 spiro atoms. The Morgan fingerprint density at radius 2 is 1.87 bits per heavy atom. The maximum absolute atomic E-state index is 11.5. The molecule has 0 saturated carbocycles. The highest BCUT2D eigenvalue weighted by molar-refractivity contribution is 5.18. The minimum absolute atomic E-state index is 0.00193. The van der Waals surface area contributed by atoms with E-state index in [0.717, 1.165) is 5.56 Å². The van der Waals surface area contributed by atoms with Crippen molar-refractivity contribution < 1.29 is 4.84 Å². The Balaban J connectivity index is 3.11. The van der Waals surface area contributed by atoms with Crippen LogP contribution >= 0.6 is 0 Å². The fourth-order valence-electron chi connectivity index (χ4n) is 1.22. The number of hydrogen-bond acceptors (Lipinski definition) is 2. The summed E-state index contributed by atoms with van der Waals surface area (Å²) in [4.78, 5) is 16.9. The van der Waals surface area contributed by atoms with Gasteiger partial charge >= 0.3 is 0 Å². The van der Waals surface area contributed by atoms with Crippen LogP contribution in [0.25, 0.3) is 0 Å². The van der Waals surface area contributed by atoms with Gasteiger partial charge in [0.05, 0.1) is 6.20 Å². The van der Waals surface area contributed by atoms with Crippen molar-refractivity contribution in [3.63, 3.8) is 0 Å². The van der Waals surface area contributed by atoms with Crippen LogP contribution < -0.4 is 10.4 Å². The highest BCUT2D eigenvalue weighted by Gasteiger charge is 2.15. The van der Waals surface area contributed by atoms with Crippen molar-refractivity contribution >= 4 is 0 Å². The van der Waals surface area contributed by atoms with Gasteiger partial charge in [-0.15, -0.1) is 0 Å². The van der Waals surface area contributed by atoms with E-state index in [0.29, 0.717) is 0 Å². The van der Waals surface area contributed by atoms with Gasteiger partial charge in [-0.2, -0.15) is 4.73 Å². The second-order valence-corrected chi connectivity index (χ2v) is 4.99. The molecule has 0 bridgehead atoms. The van der Waals surface area contributed by atoms with Gasteiger partial charge in [0.1, 0.15) is 6.10 Å². The van der Waals surface area contributed by atoms with E-state index in [1.807, 2.05) is 19.9 Å². The SMILES string of the molecule is CC(C)On1cc(C(C)(C)C)ccc1=O. The topological polar surface area (TPSA) is 31.2 Å². The van der Waals surface area contributed by atoms with Gasteiger partial charge in [-0.3, -0.25) is 4.79 Å². The zero-order chi connectivity index (χ0) is 11.6. The summed E-state index contributed by atoms with van der Waals surface area (Å²) < 4.78 is 1.31. The summed E-state index contributed by atoms with van der Waals surface area (Å²) in [5.41, 5.74) is 0.981. The third kappa shape index (κ3) is 3.11. The second kappa shape index (κ2) is 4.09. The minimum atomic E-state index is -0.128. The Morgan fingerprint density at radius 3 is 2.33 bits per heavy atom. The molecule has 0 unspecified atom stereocenters. The molecule has 0 aromatic carbocycles. The monoisotopic (exact) mass is 209 g/mol. The Labute approximate surface area is 90.6 Å². The molecule has 0 amide bonds. The van der Waals surface area contributed by atoms with Crippen molar-refractivity contribution in [2.75, 3.05) is 0 Å². The van der Waals surface area contributed by atoms with Crippen LogP contribution in [0.5, 0.6) is 0 Å². The molecule has 0 fully saturated rings. The number of rotatable bonds is 2. The van der Waals surface area contributed by atoms with Gasteiger partial charge in [-0.05, 0) is 24.8 Å². The zero-order valence-electron chi connectivity index (χ0n) is 10.1. The number of aromatic nitrogens is 1. The van der Waals surface area contributed by atoms with E-state index in [1.54, 1.807) is 12.3 Å². The van der Waals surface area contributed by atoms with Gasteiger partial charge < -0.3 is 4.84 Å². The van der Waals surface area contributed by atoms with Crippen molar-refractivity contribution in [2.45, 2.75) is 46.1 Å². The molecule has 0 aliphatic carbocycles. The molecule has 0 radical (unpaired) electrons. The van der Waals surface area contributed by atoms with Crippen molar-refractivity contribution in [1.29, 1.82) is 0 Å². The molecule has 1 heterocycles. The van der Waals surface area contributed by atoms with E-state index in [1.165, 1.54) is 4.73 Å². The molecule has 0 N–H and O–H groups in total. The first-order valence-corrected chi connectivity index (χ1v) is 5.21. The van der Waals surface area contributed by atoms with Crippen molar-refractivity contribution in [3.05, 3.63) is 34.2 Å². The van der Waals surface area contributed by atoms with Gasteiger partial charge in [0.2, 0.25) is 0 Å². The average molecular weight is 209 g/mol. The van der Waals surface area contributed by atoms with Gasteiger partial charge in [-0.1, -0.05) is 26.8 Å². The Bertz CT molecular complexity index is 385. The molecule has 15 heavy (non-hydrogen) atoms. The smallest absolute Gasteiger partial charge is 0.282 e. The quantitative estimate of drug-likeness (QED) is 0.745. The molecule has 0 saturated heterocycles. The molecular formula is C12H19NO2. The van der Waals surface area contributed by atoms with Crippen LogP contribution in [0.15, 0.2) is 23.1 Å². The summed E-state index contributed by atoms with van der Waals surface area (Å²) >= 11 is 0. The van der Waals surface area contributed by atoms with Crippen LogP contribution in [0.3, 0.4) is 0 Å². The van der Waals surface area contributed by atoms with Gasteiger partial charge in [0, 0.05) is 6.07 Å². The van der Waals surface area contributed by atoms with Crippen LogP contribution in [0, 0.1) is 0 Å². The standard InChI is InChI=1S/C12H19NO2/c1-9(2)15-13-8-10(12(3,4)5)6-7-11(13)14/h6-9H,1-5H3. The first-order chi connectivity index (χ1) is 6.80. The lowest BCUT2D eigenvalue weighted by Crippen LogP contribution is -2.31. The number of hydrogen-bond donors (Lipinski definition) is 0. The molecule has 1 rings (SSSR count). The molecule has 1 aromatic heterocycles. The van der Waals surface area contributed by atoms with Crippen LogP contribution in [-0.4, -0.2) is 10.8 Å². The summed E-state index contributed by atoms with van der Waals surface area (Å²) in [6, 6.07) is 3.39. The molecule has 1 aromatic rings. The minimum Gasteiger partial charge on any atom is -0.408 e. The molecule has 3 nitrogen and oxygen atoms in total. The summed E-state index contributed by atoms with van der Waals surface area (Å²) in [7, 11) is 0. The predicted molar refractivity (Wildman–Crippen MR) is 61.1 cm³/mol. The maximum Gasteiger partial charge on any atom is 0.282 e. The molecular weight excluding hydrogens is 190 g/mol. The summed E-state index contributed by atoms with van der Waals surface area (Å²) in [6.45, 7) is 10.1. The van der Waals surface area contributed by atoms with E-state index in [4.69, 9.17) is 4.84 Å². The van der Waals surface area contributed by atoms with Crippen LogP contribution in [0.4, 0.5) is 0 Å². The summed E-state index contributed by atoms with van der Waals surface area (Å²) in [5.74, 6) is 0. The molecule has 3 heteroatoms. The fraction of sp³-hybridized carbons (Fsp3) is 0.583. The lowest BCUT2D eigenvalue weighted by molar-refractivity contribution is 0.0519. The van der Waals surface area contributed by atoms with Crippen molar-refractivity contribution in [3.8, 4) is 0 Å². The van der Waals surface area contributed by atoms with Crippen LogP contribution in [0.2, 0.25) is 0 Å². The molecule has 84 valence electrons. The van der Waals surface area contributed by atoms with Crippen molar-refractivity contribution in [1.82, 2.24) is 4.73 Å². The van der Waals surface area contributed by atoms with E-state index < -0.39 is 0 Å². The van der Waals surface area contributed by atoms with Gasteiger partial charge in [0.25, 0.3) is 5.56 Å². The zero-order valence-corrected chi connectivity index (χ0v) is 10.1. The van der Waals surface area contributed by atoms with E-state index >= 15 is 0 Å². The third-order valence-electron chi connectivity index (χ3n) is 2.07. The Morgan fingerprint density at radius 1 is 1.27 bits per heavy atom.